The third-order valence-electron chi connectivity index (χ3n) is 4.41. The van der Waals surface area contributed by atoms with Crippen molar-refractivity contribution in [1.29, 1.82) is 0 Å². The van der Waals surface area contributed by atoms with Gasteiger partial charge >= 0.3 is 0 Å². The molecule has 146 valence electrons. The molecule has 0 fully saturated rings. The molecule has 0 aliphatic carbocycles. The fourth-order valence-electron chi connectivity index (χ4n) is 2.98. The SMILES string of the molecule is CN(C)CCCNC(=O)c1cc2cccnc2n(Cc2ccc(F)cc2)c1=O. The van der Waals surface area contributed by atoms with Gasteiger partial charge in [0, 0.05) is 18.1 Å². The molecule has 0 aliphatic rings. The van der Waals surface area contributed by atoms with Crippen LogP contribution in [0.4, 0.5) is 4.39 Å². The summed E-state index contributed by atoms with van der Waals surface area (Å²) in [6.07, 6.45) is 2.39. The van der Waals surface area contributed by atoms with Gasteiger partial charge in [-0.05, 0) is 63.0 Å². The van der Waals surface area contributed by atoms with Crippen molar-refractivity contribution in [3.8, 4) is 0 Å². The molecule has 1 aromatic carbocycles. The number of halogens is 1. The first kappa shape index (κ1) is 19.7. The molecule has 6 nitrogen and oxygen atoms in total. The Balaban J connectivity index is 1.93. The predicted molar refractivity (Wildman–Crippen MR) is 107 cm³/mol. The van der Waals surface area contributed by atoms with Crippen molar-refractivity contribution in [3.05, 3.63) is 76.0 Å². The lowest BCUT2D eigenvalue weighted by molar-refractivity contribution is 0.0950. The van der Waals surface area contributed by atoms with Gasteiger partial charge in [-0.25, -0.2) is 9.37 Å². The summed E-state index contributed by atoms with van der Waals surface area (Å²) in [7, 11) is 3.93. The number of nitrogens with zero attached hydrogens (tertiary/aromatic N) is 3. The third kappa shape index (κ3) is 4.61. The van der Waals surface area contributed by atoms with Gasteiger partial charge in [-0.1, -0.05) is 12.1 Å². The maximum atomic E-state index is 13.2. The van der Waals surface area contributed by atoms with Crippen molar-refractivity contribution in [2.24, 2.45) is 0 Å². The van der Waals surface area contributed by atoms with Crippen LogP contribution in [-0.2, 0) is 6.54 Å². The van der Waals surface area contributed by atoms with E-state index in [0.29, 0.717) is 17.6 Å². The number of aromatic nitrogens is 2. The van der Waals surface area contributed by atoms with Crippen LogP contribution in [0.3, 0.4) is 0 Å². The van der Waals surface area contributed by atoms with E-state index in [1.54, 1.807) is 30.5 Å². The predicted octanol–water partition coefficient (Wildman–Crippen LogP) is 2.27. The van der Waals surface area contributed by atoms with Crippen molar-refractivity contribution < 1.29 is 9.18 Å². The zero-order chi connectivity index (χ0) is 20.1. The van der Waals surface area contributed by atoms with E-state index in [0.717, 1.165) is 18.5 Å². The minimum Gasteiger partial charge on any atom is -0.352 e. The van der Waals surface area contributed by atoms with Crippen LogP contribution in [0.1, 0.15) is 22.3 Å². The fraction of sp³-hybridized carbons (Fsp3) is 0.286. The molecule has 1 N–H and O–H groups in total. The zero-order valence-corrected chi connectivity index (χ0v) is 16.0. The third-order valence-corrected chi connectivity index (χ3v) is 4.41. The standard InChI is InChI=1S/C21H23FN4O2/c1-25(2)12-4-11-24-20(27)18-13-16-5-3-10-23-19(16)26(21(18)28)14-15-6-8-17(22)9-7-15/h3,5-10,13H,4,11-12,14H2,1-2H3,(H,24,27). The van der Waals surface area contributed by atoms with E-state index in [-0.39, 0.29) is 17.9 Å². The molecule has 2 heterocycles. The Morgan fingerprint density at radius 2 is 1.96 bits per heavy atom. The topological polar surface area (TPSA) is 67.2 Å². The summed E-state index contributed by atoms with van der Waals surface area (Å²) in [5.41, 5.74) is 0.896. The first-order valence-electron chi connectivity index (χ1n) is 9.11. The number of benzene rings is 1. The number of amides is 1. The van der Waals surface area contributed by atoms with Gasteiger partial charge < -0.3 is 10.2 Å². The molecule has 0 atom stereocenters. The lowest BCUT2D eigenvalue weighted by Gasteiger charge is -2.13. The van der Waals surface area contributed by atoms with Crippen molar-refractivity contribution in [2.75, 3.05) is 27.2 Å². The molecule has 0 saturated heterocycles. The maximum absolute atomic E-state index is 13.2. The molecular formula is C21H23FN4O2. The van der Waals surface area contributed by atoms with Gasteiger partial charge in [0.05, 0.1) is 6.54 Å². The summed E-state index contributed by atoms with van der Waals surface area (Å²) < 4.78 is 14.6. The van der Waals surface area contributed by atoms with E-state index < -0.39 is 11.5 Å². The van der Waals surface area contributed by atoms with Crippen molar-refractivity contribution >= 4 is 16.9 Å². The summed E-state index contributed by atoms with van der Waals surface area (Å²) in [6.45, 7) is 1.53. The van der Waals surface area contributed by atoms with Crippen LogP contribution < -0.4 is 10.9 Å². The molecule has 3 aromatic rings. The molecular weight excluding hydrogens is 359 g/mol. The lowest BCUT2D eigenvalue weighted by atomic mass is 10.1. The van der Waals surface area contributed by atoms with E-state index in [9.17, 15) is 14.0 Å². The number of pyridine rings is 2. The average molecular weight is 382 g/mol. The Morgan fingerprint density at radius 1 is 1.21 bits per heavy atom. The van der Waals surface area contributed by atoms with Crippen LogP contribution in [0.25, 0.3) is 11.0 Å². The summed E-state index contributed by atoms with van der Waals surface area (Å²) in [5.74, 6) is -0.743. The second-order valence-electron chi connectivity index (χ2n) is 6.90. The number of nitrogens with one attached hydrogen (secondary N) is 1. The van der Waals surface area contributed by atoms with Crippen LogP contribution >= 0.6 is 0 Å². The Hall–Kier alpha value is -3.06. The highest BCUT2D eigenvalue weighted by Crippen LogP contribution is 2.13. The molecule has 3 rings (SSSR count). The van der Waals surface area contributed by atoms with E-state index in [1.807, 2.05) is 25.1 Å². The monoisotopic (exact) mass is 382 g/mol. The molecule has 0 spiro atoms. The fourth-order valence-corrected chi connectivity index (χ4v) is 2.98. The second-order valence-corrected chi connectivity index (χ2v) is 6.90. The Kier molecular flexibility index (Phi) is 6.16. The normalized spacial score (nSPS) is 11.1. The minimum absolute atomic E-state index is 0.0764. The largest absolute Gasteiger partial charge is 0.352 e. The van der Waals surface area contributed by atoms with Crippen molar-refractivity contribution in [1.82, 2.24) is 19.8 Å². The van der Waals surface area contributed by atoms with E-state index in [1.165, 1.54) is 16.7 Å². The van der Waals surface area contributed by atoms with Gasteiger partial charge in [-0.15, -0.1) is 0 Å². The Morgan fingerprint density at radius 3 is 2.68 bits per heavy atom. The van der Waals surface area contributed by atoms with Crippen molar-refractivity contribution in [3.63, 3.8) is 0 Å². The smallest absolute Gasteiger partial charge is 0.265 e. The number of hydrogen-bond donors (Lipinski definition) is 1. The highest BCUT2D eigenvalue weighted by molar-refractivity contribution is 5.96. The van der Waals surface area contributed by atoms with Gasteiger partial charge in [0.25, 0.3) is 11.5 Å². The summed E-state index contributed by atoms with van der Waals surface area (Å²) in [6, 6.07) is 11.1. The van der Waals surface area contributed by atoms with Gasteiger partial charge in [-0.2, -0.15) is 0 Å². The van der Waals surface area contributed by atoms with Gasteiger partial charge in [0.1, 0.15) is 17.0 Å². The number of hydrogen-bond acceptors (Lipinski definition) is 4. The first-order chi connectivity index (χ1) is 13.5. The number of rotatable bonds is 7. The van der Waals surface area contributed by atoms with Crippen LogP contribution in [0.15, 0.2) is 53.5 Å². The van der Waals surface area contributed by atoms with E-state index in [4.69, 9.17) is 0 Å². The van der Waals surface area contributed by atoms with Crippen LogP contribution in [0.2, 0.25) is 0 Å². The molecule has 2 aromatic heterocycles. The van der Waals surface area contributed by atoms with E-state index in [2.05, 4.69) is 10.3 Å². The molecule has 0 bridgehead atoms. The molecule has 28 heavy (non-hydrogen) atoms. The maximum Gasteiger partial charge on any atom is 0.265 e. The van der Waals surface area contributed by atoms with Gasteiger partial charge in [-0.3, -0.25) is 14.2 Å². The summed E-state index contributed by atoms with van der Waals surface area (Å²) >= 11 is 0. The first-order valence-corrected chi connectivity index (χ1v) is 9.11. The van der Waals surface area contributed by atoms with E-state index >= 15 is 0 Å². The molecule has 0 saturated carbocycles. The average Bonchev–Trinajstić information content (AvgIpc) is 2.68. The Bertz CT molecular complexity index is 1030. The molecule has 0 radical (unpaired) electrons. The van der Waals surface area contributed by atoms with Crippen molar-refractivity contribution in [2.45, 2.75) is 13.0 Å². The Labute approximate surface area is 162 Å². The number of carbonyl (C=O) groups is 1. The second kappa shape index (κ2) is 8.75. The van der Waals surface area contributed by atoms with Crippen LogP contribution in [0.5, 0.6) is 0 Å². The quantitative estimate of drug-likeness (QED) is 0.637. The summed E-state index contributed by atoms with van der Waals surface area (Å²) in [4.78, 5) is 31.9. The van der Waals surface area contributed by atoms with Crippen LogP contribution in [-0.4, -0.2) is 47.5 Å². The van der Waals surface area contributed by atoms with Crippen LogP contribution in [0, 0.1) is 5.82 Å². The zero-order valence-electron chi connectivity index (χ0n) is 16.0. The highest BCUT2D eigenvalue weighted by atomic mass is 19.1. The molecule has 0 aliphatic heterocycles. The molecule has 0 unspecified atom stereocenters. The van der Waals surface area contributed by atoms with Gasteiger partial charge in [0.15, 0.2) is 0 Å². The molecule has 7 heteroatoms. The molecule has 1 amide bonds. The lowest BCUT2D eigenvalue weighted by Crippen LogP contribution is -2.34. The number of carbonyl (C=O) groups excluding carboxylic acids is 1. The summed E-state index contributed by atoms with van der Waals surface area (Å²) in [5, 5.41) is 3.51. The highest BCUT2D eigenvalue weighted by Gasteiger charge is 2.16. The number of fused-ring (bicyclic) bond motifs is 1. The minimum atomic E-state index is -0.416. The van der Waals surface area contributed by atoms with Gasteiger partial charge in [0.2, 0.25) is 0 Å².